The third-order valence-electron chi connectivity index (χ3n) is 3.03. The first-order valence-electron chi connectivity index (χ1n) is 6.19. The highest BCUT2D eigenvalue weighted by atomic mass is 32.2. The van der Waals surface area contributed by atoms with E-state index in [9.17, 15) is 8.42 Å². The van der Waals surface area contributed by atoms with Crippen molar-refractivity contribution in [2.24, 2.45) is 7.05 Å². The Kier molecular flexibility index (Phi) is 4.10. The lowest BCUT2D eigenvalue weighted by Crippen LogP contribution is -2.18. The standard InChI is InChI=1S/C13H18N4O2S/c1-10-11(9-17(3)16-10)8-15-12-4-6-13(7-5-12)20(18,19)14-2/h4-7,9,14-15H,8H2,1-3H3. The lowest BCUT2D eigenvalue weighted by atomic mass is 10.2. The summed E-state index contributed by atoms with van der Waals surface area (Å²) in [5, 5.41) is 7.51. The monoisotopic (exact) mass is 294 g/mol. The highest BCUT2D eigenvalue weighted by molar-refractivity contribution is 7.89. The molecule has 2 rings (SSSR count). The van der Waals surface area contributed by atoms with E-state index in [0.29, 0.717) is 6.54 Å². The Bertz CT molecular complexity index is 690. The molecule has 0 aliphatic rings. The maximum atomic E-state index is 11.6. The van der Waals surface area contributed by atoms with Crippen LogP contribution in [0.4, 0.5) is 5.69 Å². The van der Waals surface area contributed by atoms with Crippen molar-refractivity contribution in [2.45, 2.75) is 18.4 Å². The number of hydrogen-bond donors (Lipinski definition) is 2. The van der Waals surface area contributed by atoms with Gasteiger partial charge in [-0.3, -0.25) is 4.68 Å². The van der Waals surface area contributed by atoms with Crippen LogP contribution in [0.2, 0.25) is 0 Å². The van der Waals surface area contributed by atoms with E-state index in [-0.39, 0.29) is 4.90 Å². The minimum absolute atomic E-state index is 0.253. The summed E-state index contributed by atoms with van der Waals surface area (Å²) in [7, 11) is -0.0982. The van der Waals surface area contributed by atoms with Crippen molar-refractivity contribution in [2.75, 3.05) is 12.4 Å². The molecule has 108 valence electrons. The molecule has 2 aromatic rings. The Morgan fingerprint density at radius 2 is 1.90 bits per heavy atom. The van der Waals surface area contributed by atoms with Crippen LogP contribution in [-0.2, 0) is 23.6 Å². The number of rotatable bonds is 5. The highest BCUT2D eigenvalue weighted by Gasteiger charge is 2.10. The number of benzene rings is 1. The molecule has 6 nitrogen and oxygen atoms in total. The summed E-state index contributed by atoms with van der Waals surface area (Å²) in [4.78, 5) is 0.253. The Hall–Kier alpha value is -1.86. The van der Waals surface area contributed by atoms with Crippen LogP contribution in [0.3, 0.4) is 0 Å². The second-order valence-electron chi connectivity index (χ2n) is 4.50. The van der Waals surface area contributed by atoms with E-state index in [2.05, 4.69) is 15.1 Å². The van der Waals surface area contributed by atoms with Crippen molar-refractivity contribution in [3.8, 4) is 0 Å². The first-order valence-corrected chi connectivity index (χ1v) is 7.67. The van der Waals surface area contributed by atoms with Gasteiger partial charge in [-0.15, -0.1) is 0 Å². The van der Waals surface area contributed by atoms with E-state index in [0.717, 1.165) is 16.9 Å². The van der Waals surface area contributed by atoms with Crippen LogP contribution in [0.25, 0.3) is 0 Å². The highest BCUT2D eigenvalue weighted by Crippen LogP contribution is 2.15. The topological polar surface area (TPSA) is 76.0 Å². The molecule has 1 aromatic carbocycles. The molecule has 0 atom stereocenters. The number of aryl methyl sites for hydroxylation is 2. The predicted octanol–water partition coefficient (Wildman–Crippen LogP) is 1.25. The fourth-order valence-corrected chi connectivity index (χ4v) is 2.62. The van der Waals surface area contributed by atoms with E-state index in [1.165, 1.54) is 7.05 Å². The fraction of sp³-hybridized carbons (Fsp3) is 0.308. The Labute approximate surface area is 118 Å². The van der Waals surface area contributed by atoms with Gasteiger partial charge in [0, 0.05) is 31.0 Å². The Balaban J connectivity index is 2.06. The van der Waals surface area contributed by atoms with E-state index < -0.39 is 10.0 Å². The molecular weight excluding hydrogens is 276 g/mol. The first kappa shape index (κ1) is 14.5. The SMILES string of the molecule is CNS(=O)(=O)c1ccc(NCc2cn(C)nc2C)cc1. The van der Waals surface area contributed by atoms with Crippen molar-refractivity contribution in [1.29, 1.82) is 0 Å². The average molecular weight is 294 g/mol. The molecular formula is C13H18N4O2S. The molecule has 0 aliphatic carbocycles. The van der Waals surface area contributed by atoms with E-state index in [4.69, 9.17) is 0 Å². The van der Waals surface area contributed by atoms with Crippen LogP contribution in [0.1, 0.15) is 11.3 Å². The second kappa shape index (κ2) is 5.64. The van der Waals surface area contributed by atoms with Gasteiger partial charge < -0.3 is 5.32 Å². The quantitative estimate of drug-likeness (QED) is 0.870. The van der Waals surface area contributed by atoms with E-state index >= 15 is 0 Å². The van der Waals surface area contributed by atoms with E-state index in [1.807, 2.05) is 20.2 Å². The van der Waals surface area contributed by atoms with Gasteiger partial charge >= 0.3 is 0 Å². The summed E-state index contributed by atoms with van der Waals surface area (Å²) in [6.45, 7) is 2.61. The van der Waals surface area contributed by atoms with Crippen molar-refractivity contribution < 1.29 is 8.42 Å². The summed E-state index contributed by atoms with van der Waals surface area (Å²) in [6.07, 6.45) is 1.96. The van der Waals surface area contributed by atoms with Gasteiger partial charge in [-0.2, -0.15) is 5.10 Å². The van der Waals surface area contributed by atoms with Crippen molar-refractivity contribution in [3.63, 3.8) is 0 Å². The predicted molar refractivity (Wildman–Crippen MR) is 78.0 cm³/mol. The molecule has 0 saturated carbocycles. The summed E-state index contributed by atoms with van der Waals surface area (Å²) < 4.78 is 27.3. The minimum atomic E-state index is -3.38. The third-order valence-corrected chi connectivity index (χ3v) is 4.46. The van der Waals surface area contributed by atoms with Crippen molar-refractivity contribution >= 4 is 15.7 Å². The van der Waals surface area contributed by atoms with Crippen LogP contribution in [0, 0.1) is 6.92 Å². The third kappa shape index (κ3) is 3.17. The maximum absolute atomic E-state index is 11.6. The van der Waals surface area contributed by atoms with Gasteiger partial charge in [0.15, 0.2) is 0 Å². The molecule has 0 spiro atoms. The van der Waals surface area contributed by atoms with Gasteiger partial charge in [0.05, 0.1) is 10.6 Å². The molecule has 0 bridgehead atoms. The lowest BCUT2D eigenvalue weighted by molar-refractivity contribution is 0.588. The molecule has 1 heterocycles. The van der Waals surface area contributed by atoms with Crippen LogP contribution in [-0.4, -0.2) is 25.2 Å². The molecule has 0 amide bonds. The Morgan fingerprint density at radius 3 is 2.40 bits per heavy atom. The minimum Gasteiger partial charge on any atom is -0.381 e. The normalized spacial score (nSPS) is 11.6. The van der Waals surface area contributed by atoms with Gasteiger partial charge in [-0.25, -0.2) is 13.1 Å². The zero-order valence-electron chi connectivity index (χ0n) is 11.7. The second-order valence-corrected chi connectivity index (χ2v) is 6.39. The first-order chi connectivity index (χ1) is 9.42. The molecule has 20 heavy (non-hydrogen) atoms. The van der Waals surface area contributed by atoms with Gasteiger partial charge in [0.1, 0.15) is 0 Å². The molecule has 2 N–H and O–H groups in total. The summed E-state index contributed by atoms with van der Waals surface area (Å²) in [5.41, 5.74) is 2.96. The molecule has 1 aromatic heterocycles. The molecule has 0 aliphatic heterocycles. The Morgan fingerprint density at radius 1 is 1.25 bits per heavy atom. The van der Waals surface area contributed by atoms with Gasteiger partial charge in [-0.1, -0.05) is 0 Å². The molecule has 0 fully saturated rings. The number of aromatic nitrogens is 2. The summed E-state index contributed by atoms with van der Waals surface area (Å²) in [6, 6.07) is 6.64. The average Bonchev–Trinajstić information content (AvgIpc) is 2.75. The number of nitrogens with zero attached hydrogens (tertiary/aromatic N) is 2. The fourth-order valence-electron chi connectivity index (χ4n) is 1.89. The number of anilines is 1. The summed E-state index contributed by atoms with van der Waals surface area (Å²) in [5.74, 6) is 0. The van der Waals surface area contributed by atoms with Crippen molar-refractivity contribution in [1.82, 2.24) is 14.5 Å². The smallest absolute Gasteiger partial charge is 0.240 e. The van der Waals surface area contributed by atoms with E-state index in [1.54, 1.807) is 28.9 Å². The molecule has 0 unspecified atom stereocenters. The lowest BCUT2D eigenvalue weighted by Gasteiger charge is -2.07. The molecule has 0 saturated heterocycles. The number of nitrogens with one attached hydrogen (secondary N) is 2. The van der Waals surface area contributed by atoms with Crippen molar-refractivity contribution in [3.05, 3.63) is 41.7 Å². The maximum Gasteiger partial charge on any atom is 0.240 e. The van der Waals surface area contributed by atoms with Crippen LogP contribution >= 0.6 is 0 Å². The number of sulfonamides is 1. The van der Waals surface area contributed by atoms with Gasteiger partial charge in [-0.05, 0) is 38.2 Å². The largest absolute Gasteiger partial charge is 0.381 e. The van der Waals surface area contributed by atoms with Gasteiger partial charge in [0.2, 0.25) is 10.0 Å². The zero-order valence-corrected chi connectivity index (χ0v) is 12.5. The van der Waals surface area contributed by atoms with Crippen LogP contribution < -0.4 is 10.0 Å². The zero-order chi connectivity index (χ0) is 14.8. The molecule has 0 radical (unpaired) electrons. The summed E-state index contributed by atoms with van der Waals surface area (Å²) >= 11 is 0. The van der Waals surface area contributed by atoms with Crippen LogP contribution in [0.15, 0.2) is 35.4 Å². The van der Waals surface area contributed by atoms with Crippen LogP contribution in [0.5, 0.6) is 0 Å². The molecule has 7 heteroatoms. The van der Waals surface area contributed by atoms with Gasteiger partial charge in [0.25, 0.3) is 0 Å². The number of hydrogen-bond acceptors (Lipinski definition) is 4.